The molecule has 0 saturated carbocycles. The van der Waals surface area contributed by atoms with E-state index in [0.29, 0.717) is 19.8 Å². The van der Waals surface area contributed by atoms with Crippen molar-refractivity contribution in [3.05, 3.63) is 59.2 Å². The van der Waals surface area contributed by atoms with E-state index in [1.165, 1.54) is 5.56 Å². The summed E-state index contributed by atoms with van der Waals surface area (Å²) >= 11 is 0. The Bertz CT molecular complexity index is 818. The normalized spacial score (nSPS) is 18.2. The number of piperidine rings is 1. The van der Waals surface area contributed by atoms with Gasteiger partial charge in [0.1, 0.15) is 0 Å². The van der Waals surface area contributed by atoms with Crippen molar-refractivity contribution in [2.75, 3.05) is 26.3 Å². The molecule has 3 rings (SSSR count). The molecule has 0 aliphatic carbocycles. The van der Waals surface area contributed by atoms with Crippen molar-refractivity contribution in [3.8, 4) is 11.5 Å². The largest absolute Gasteiger partial charge is 0.490 e. The van der Waals surface area contributed by atoms with Crippen LogP contribution in [-0.4, -0.2) is 42.3 Å². The van der Waals surface area contributed by atoms with E-state index in [1.54, 1.807) is 0 Å². The Morgan fingerprint density at radius 2 is 1.72 bits per heavy atom. The molecule has 0 bridgehead atoms. The summed E-state index contributed by atoms with van der Waals surface area (Å²) in [5.74, 6) is 0.434. The minimum atomic E-state index is -0.709. The van der Waals surface area contributed by atoms with Crippen LogP contribution in [0.3, 0.4) is 0 Å². The number of ether oxygens (including phenoxy) is 2. The highest BCUT2D eigenvalue weighted by Gasteiger charge is 2.31. The van der Waals surface area contributed by atoms with Gasteiger partial charge in [0.05, 0.1) is 25.2 Å². The van der Waals surface area contributed by atoms with Crippen LogP contribution in [-0.2, 0) is 4.79 Å². The molecule has 29 heavy (non-hydrogen) atoms. The Kier molecular flexibility index (Phi) is 7.15. The van der Waals surface area contributed by atoms with Gasteiger partial charge in [0.15, 0.2) is 11.5 Å². The SMILES string of the molecule is CCOc1ccc(C(c2ccc(C)cc2)N2CCCC(C(=O)O)C2)cc1OCC. The minimum absolute atomic E-state index is 0.0207. The van der Waals surface area contributed by atoms with Gasteiger partial charge in [-0.1, -0.05) is 35.9 Å². The molecule has 2 aromatic carbocycles. The standard InChI is InChI=1S/C24H31NO4/c1-4-28-21-13-12-19(15-22(21)29-5-2)23(18-10-8-17(3)9-11-18)25-14-6-7-20(16-25)24(26)27/h8-13,15,20,23H,4-7,14,16H2,1-3H3,(H,26,27). The molecule has 156 valence electrons. The summed E-state index contributed by atoms with van der Waals surface area (Å²) in [7, 11) is 0. The van der Waals surface area contributed by atoms with Gasteiger partial charge in [0.25, 0.3) is 0 Å². The van der Waals surface area contributed by atoms with Crippen molar-refractivity contribution in [3.63, 3.8) is 0 Å². The summed E-state index contributed by atoms with van der Waals surface area (Å²) in [5.41, 5.74) is 3.45. The second kappa shape index (κ2) is 9.79. The first-order chi connectivity index (χ1) is 14.0. The molecule has 1 fully saturated rings. The van der Waals surface area contributed by atoms with E-state index >= 15 is 0 Å². The van der Waals surface area contributed by atoms with Crippen molar-refractivity contribution < 1.29 is 19.4 Å². The molecule has 2 unspecified atom stereocenters. The Balaban J connectivity index is 2.02. The summed E-state index contributed by atoms with van der Waals surface area (Å²) in [5, 5.41) is 9.56. The fourth-order valence-electron chi connectivity index (χ4n) is 4.04. The van der Waals surface area contributed by atoms with Gasteiger partial charge in [-0.15, -0.1) is 0 Å². The lowest BCUT2D eigenvalue weighted by Gasteiger charge is -2.37. The van der Waals surface area contributed by atoms with Crippen LogP contribution >= 0.6 is 0 Å². The van der Waals surface area contributed by atoms with Gasteiger partial charge in [0, 0.05) is 6.54 Å². The highest BCUT2D eigenvalue weighted by Crippen LogP contribution is 2.37. The molecule has 2 aromatic rings. The van der Waals surface area contributed by atoms with Gasteiger partial charge in [-0.2, -0.15) is 0 Å². The quantitative estimate of drug-likeness (QED) is 0.701. The number of likely N-dealkylation sites (tertiary alicyclic amines) is 1. The monoisotopic (exact) mass is 397 g/mol. The van der Waals surface area contributed by atoms with Gasteiger partial charge in [-0.05, 0) is 63.4 Å². The van der Waals surface area contributed by atoms with Crippen molar-refractivity contribution >= 4 is 5.97 Å². The van der Waals surface area contributed by atoms with E-state index in [4.69, 9.17) is 9.47 Å². The number of hydrogen-bond acceptors (Lipinski definition) is 4. The lowest BCUT2D eigenvalue weighted by molar-refractivity contribution is -0.143. The molecule has 1 aliphatic rings. The van der Waals surface area contributed by atoms with Gasteiger partial charge in [0.2, 0.25) is 0 Å². The number of carboxylic acid groups (broad SMARTS) is 1. The maximum atomic E-state index is 11.6. The predicted octanol–water partition coefficient (Wildman–Crippen LogP) is 4.68. The Labute approximate surface area is 173 Å². The van der Waals surface area contributed by atoms with E-state index in [1.807, 2.05) is 26.0 Å². The topological polar surface area (TPSA) is 59.0 Å². The second-order valence-corrected chi connectivity index (χ2v) is 7.56. The number of aliphatic carboxylic acids is 1. The molecule has 0 amide bonds. The fraction of sp³-hybridized carbons (Fsp3) is 0.458. The molecule has 0 spiro atoms. The van der Waals surface area contributed by atoms with Crippen molar-refractivity contribution in [2.24, 2.45) is 5.92 Å². The number of carboxylic acids is 1. The zero-order chi connectivity index (χ0) is 20.8. The fourth-order valence-corrected chi connectivity index (χ4v) is 4.04. The van der Waals surface area contributed by atoms with E-state index < -0.39 is 5.97 Å². The Morgan fingerprint density at radius 1 is 1.07 bits per heavy atom. The minimum Gasteiger partial charge on any atom is -0.490 e. The zero-order valence-corrected chi connectivity index (χ0v) is 17.6. The molecular formula is C24H31NO4. The maximum absolute atomic E-state index is 11.6. The van der Waals surface area contributed by atoms with Crippen LogP contribution in [0, 0.1) is 12.8 Å². The number of aryl methyl sites for hydroxylation is 1. The highest BCUT2D eigenvalue weighted by atomic mass is 16.5. The van der Waals surface area contributed by atoms with Gasteiger partial charge in [-0.25, -0.2) is 0 Å². The number of hydrogen-bond donors (Lipinski definition) is 1. The van der Waals surface area contributed by atoms with Crippen LogP contribution in [0.4, 0.5) is 0 Å². The molecule has 5 nitrogen and oxygen atoms in total. The second-order valence-electron chi connectivity index (χ2n) is 7.56. The van der Waals surface area contributed by atoms with Crippen LogP contribution in [0.1, 0.15) is 49.4 Å². The van der Waals surface area contributed by atoms with E-state index in [9.17, 15) is 9.90 Å². The van der Waals surface area contributed by atoms with Gasteiger partial charge < -0.3 is 14.6 Å². The first-order valence-electron chi connectivity index (χ1n) is 10.5. The third-order valence-corrected chi connectivity index (χ3v) is 5.44. The lowest BCUT2D eigenvalue weighted by Crippen LogP contribution is -2.41. The molecule has 0 aromatic heterocycles. The van der Waals surface area contributed by atoms with Gasteiger partial charge in [-0.3, -0.25) is 9.69 Å². The average molecular weight is 398 g/mol. The van der Waals surface area contributed by atoms with E-state index in [0.717, 1.165) is 42.0 Å². The number of benzene rings is 2. The van der Waals surface area contributed by atoms with E-state index in [-0.39, 0.29) is 12.0 Å². The van der Waals surface area contributed by atoms with Crippen LogP contribution in [0.15, 0.2) is 42.5 Å². The zero-order valence-electron chi connectivity index (χ0n) is 17.6. The first kappa shape index (κ1) is 21.2. The molecule has 1 N–H and O–H groups in total. The smallest absolute Gasteiger partial charge is 0.307 e. The number of carbonyl (C=O) groups is 1. The molecule has 0 radical (unpaired) electrons. The molecular weight excluding hydrogens is 366 g/mol. The first-order valence-corrected chi connectivity index (χ1v) is 10.5. The molecule has 1 aliphatic heterocycles. The average Bonchev–Trinajstić information content (AvgIpc) is 2.72. The predicted molar refractivity (Wildman–Crippen MR) is 114 cm³/mol. The van der Waals surface area contributed by atoms with Crippen molar-refractivity contribution in [1.29, 1.82) is 0 Å². The Hall–Kier alpha value is -2.53. The molecule has 5 heteroatoms. The molecule has 2 atom stereocenters. The Morgan fingerprint density at radius 3 is 2.38 bits per heavy atom. The van der Waals surface area contributed by atoms with Crippen molar-refractivity contribution in [1.82, 2.24) is 4.90 Å². The third-order valence-electron chi connectivity index (χ3n) is 5.44. The van der Waals surface area contributed by atoms with E-state index in [2.05, 4.69) is 42.2 Å². The summed E-state index contributed by atoms with van der Waals surface area (Å²) in [6.45, 7) is 8.55. The van der Waals surface area contributed by atoms with Crippen molar-refractivity contribution in [2.45, 2.75) is 39.7 Å². The van der Waals surface area contributed by atoms with Gasteiger partial charge >= 0.3 is 5.97 Å². The van der Waals surface area contributed by atoms with Crippen LogP contribution < -0.4 is 9.47 Å². The summed E-state index contributed by atoms with van der Waals surface area (Å²) in [4.78, 5) is 13.9. The summed E-state index contributed by atoms with van der Waals surface area (Å²) in [6.07, 6.45) is 1.62. The summed E-state index contributed by atoms with van der Waals surface area (Å²) in [6, 6.07) is 14.6. The molecule has 1 heterocycles. The molecule has 1 saturated heterocycles. The van der Waals surface area contributed by atoms with Crippen LogP contribution in [0.25, 0.3) is 0 Å². The summed E-state index contributed by atoms with van der Waals surface area (Å²) < 4.78 is 11.6. The lowest BCUT2D eigenvalue weighted by atomic mass is 9.91. The number of rotatable bonds is 8. The van der Waals surface area contributed by atoms with Crippen LogP contribution in [0.5, 0.6) is 11.5 Å². The highest BCUT2D eigenvalue weighted by molar-refractivity contribution is 5.70. The number of nitrogens with zero attached hydrogens (tertiary/aromatic N) is 1. The third kappa shape index (κ3) is 5.10. The maximum Gasteiger partial charge on any atom is 0.307 e. The van der Waals surface area contributed by atoms with Crippen LogP contribution in [0.2, 0.25) is 0 Å².